The number of anilines is 1. The molecule has 2 heterocycles. The van der Waals surface area contributed by atoms with Gasteiger partial charge in [-0.3, -0.25) is 0 Å². The lowest BCUT2D eigenvalue weighted by Gasteiger charge is -2.11. The van der Waals surface area contributed by atoms with E-state index in [0.29, 0.717) is 0 Å². The summed E-state index contributed by atoms with van der Waals surface area (Å²) in [7, 11) is 1.92. The first-order valence-corrected chi connectivity index (χ1v) is 5.79. The maximum atomic E-state index is 4.47. The van der Waals surface area contributed by atoms with Gasteiger partial charge < -0.3 is 14.9 Å². The van der Waals surface area contributed by atoms with E-state index in [1.54, 1.807) is 6.33 Å². The number of aromatic amines is 1. The van der Waals surface area contributed by atoms with Crippen LogP contribution >= 0.6 is 0 Å². The van der Waals surface area contributed by atoms with E-state index in [-0.39, 0.29) is 6.04 Å². The van der Waals surface area contributed by atoms with Crippen molar-refractivity contribution in [3.8, 4) is 0 Å². The van der Waals surface area contributed by atoms with Crippen molar-refractivity contribution in [2.24, 2.45) is 7.05 Å². The van der Waals surface area contributed by atoms with Crippen molar-refractivity contribution in [3.05, 3.63) is 36.4 Å². The number of hydrogen-bond acceptors (Lipinski definition) is 4. The van der Waals surface area contributed by atoms with Gasteiger partial charge in [0.2, 0.25) is 5.95 Å². The summed E-state index contributed by atoms with van der Waals surface area (Å²) in [4.78, 5) is 7.70. The third-order valence-electron chi connectivity index (χ3n) is 2.88. The second kappa shape index (κ2) is 4.14. The quantitative estimate of drug-likeness (QED) is 0.735. The molecule has 0 aliphatic heterocycles. The van der Waals surface area contributed by atoms with Gasteiger partial charge in [-0.25, -0.2) is 4.98 Å². The van der Waals surface area contributed by atoms with E-state index in [1.807, 2.05) is 42.8 Å². The molecule has 18 heavy (non-hydrogen) atoms. The zero-order valence-corrected chi connectivity index (χ0v) is 10.3. The molecule has 6 nitrogen and oxygen atoms in total. The Bertz CT molecular complexity index is 635. The first-order valence-electron chi connectivity index (χ1n) is 5.79. The summed E-state index contributed by atoms with van der Waals surface area (Å²) in [6.45, 7) is 2.02. The summed E-state index contributed by atoms with van der Waals surface area (Å²) in [5.41, 5.74) is 1.97. The molecule has 1 aromatic carbocycles. The van der Waals surface area contributed by atoms with Crippen LogP contribution in [0.5, 0.6) is 0 Å². The SMILES string of the molecule is CC(Nc1nc2ccccc2[nH]1)c1nncn1C. The molecule has 0 fully saturated rings. The highest BCUT2D eigenvalue weighted by atomic mass is 15.3. The Balaban J connectivity index is 1.86. The fraction of sp³-hybridized carbons (Fsp3) is 0.250. The predicted octanol–water partition coefficient (Wildman–Crippen LogP) is 1.86. The second-order valence-electron chi connectivity index (χ2n) is 4.27. The van der Waals surface area contributed by atoms with E-state index in [9.17, 15) is 0 Å². The molecule has 0 saturated carbocycles. The number of aromatic nitrogens is 5. The minimum absolute atomic E-state index is 0.0399. The molecule has 1 atom stereocenters. The Kier molecular flexibility index (Phi) is 2.47. The standard InChI is InChI=1S/C12H14N6/c1-8(11-17-13-7-18(11)2)14-12-15-9-5-3-4-6-10(9)16-12/h3-8H,1-2H3,(H2,14,15,16). The number of benzene rings is 1. The molecule has 1 unspecified atom stereocenters. The summed E-state index contributed by atoms with van der Waals surface area (Å²) in [6, 6.07) is 7.97. The minimum Gasteiger partial charge on any atom is -0.346 e. The third-order valence-corrected chi connectivity index (χ3v) is 2.88. The highest BCUT2D eigenvalue weighted by molar-refractivity contribution is 5.77. The van der Waals surface area contributed by atoms with Gasteiger partial charge in [0, 0.05) is 7.05 Å². The van der Waals surface area contributed by atoms with Gasteiger partial charge in [0.1, 0.15) is 6.33 Å². The number of imidazole rings is 1. The minimum atomic E-state index is 0.0399. The Morgan fingerprint density at radius 2 is 2.17 bits per heavy atom. The Labute approximate surface area is 104 Å². The van der Waals surface area contributed by atoms with Crippen molar-refractivity contribution in [1.82, 2.24) is 24.7 Å². The molecule has 0 bridgehead atoms. The zero-order valence-electron chi connectivity index (χ0n) is 10.3. The number of hydrogen-bond donors (Lipinski definition) is 2. The fourth-order valence-corrected chi connectivity index (χ4v) is 1.97. The van der Waals surface area contributed by atoms with Crippen molar-refractivity contribution < 1.29 is 0 Å². The molecule has 6 heteroatoms. The molecule has 2 N–H and O–H groups in total. The number of H-pyrrole nitrogens is 1. The zero-order chi connectivity index (χ0) is 12.5. The highest BCUT2D eigenvalue weighted by Gasteiger charge is 2.12. The smallest absolute Gasteiger partial charge is 0.201 e. The largest absolute Gasteiger partial charge is 0.346 e. The van der Waals surface area contributed by atoms with Gasteiger partial charge in [-0.15, -0.1) is 10.2 Å². The average Bonchev–Trinajstić information content (AvgIpc) is 2.94. The number of nitrogens with one attached hydrogen (secondary N) is 2. The first-order chi connectivity index (χ1) is 8.74. The van der Waals surface area contributed by atoms with Crippen molar-refractivity contribution >= 4 is 17.0 Å². The van der Waals surface area contributed by atoms with Crippen molar-refractivity contribution in [1.29, 1.82) is 0 Å². The molecular weight excluding hydrogens is 228 g/mol. The fourth-order valence-electron chi connectivity index (χ4n) is 1.97. The van der Waals surface area contributed by atoms with Gasteiger partial charge >= 0.3 is 0 Å². The lowest BCUT2D eigenvalue weighted by molar-refractivity contribution is 0.714. The van der Waals surface area contributed by atoms with Gasteiger partial charge in [-0.2, -0.15) is 0 Å². The molecule has 3 aromatic rings. The molecule has 0 aliphatic carbocycles. The maximum Gasteiger partial charge on any atom is 0.201 e. The van der Waals surface area contributed by atoms with Gasteiger partial charge in [0.25, 0.3) is 0 Å². The van der Waals surface area contributed by atoms with E-state index in [2.05, 4.69) is 25.5 Å². The number of fused-ring (bicyclic) bond motifs is 1. The lowest BCUT2D eigenvalue weighted by Crippen LogP contribution is -2.12. The summed E-state index contributed by atoms with van der Waals surface area (Å²) < 4.78 is 1.89. The number of rotatable bonds is 3. The van der Waals surface area contributed by atoms with Crippen LogP contribution in [-0.4, -0.2) is 24.7 Å². The van der Waals surface area contributed by atoms with Gasteiger partial charge in [-0.1, -0.05) is 12.1 Å². The van der Waals surface area contributed by atoms with Crippen LogP contribution in [-0.2, 0) is 7.05 Å². The van der Waals surface area contributed by atoms with Crippen LogP contribution in [0, 0.1) is 0 Å². The van der Waals surface area contributed by atoms with Crippen LogP contribution in [0.4, 0.5) is 5.95 Å². The Morgan fingerprint density at radius 3 is 2.89 bits per heavy atom. The molecule has 3 rings (SSSR count). The van der Waals surface area contributed by atoms with Crippen LogP contribution in [0.15, 0.2) is 30.6 Å². The van der Waals surface area contributed by atoms with E-state index in [4.69, 9.17) is 0 Å². The number of aryl methyl sites for hydroxylation is 1. The molecule has 0 saturated heterocycles. The van der Waals surface area contributed by atoms with Gasteiger partial charge in [0.05, 0.1) is 17.1 Å². The first kappa shape index (κ1) is 10.8. The molecule has 0 radical (unpaired) electrons. The topological polar surface area (TPSA) is 71.4 Å². The Hall–Kier alpha value is -2.37. The molecule has 0 aliphatic rings. The van der Waals surface area contributed by atoms with Gasteiger partial charge in [0.15, 0.2) is 5.82 Å². The van der Waals surface area contributed by atoms with Crippen LogP contribution in [0.3, 0.4) is 0 Å². The van der Waals surface area contributed by atoms with E-state index >= 15 is 0 Å². The number of para-hydroxylation sites is 2. The molecule has 0 spiro atoms. The molecule has 0 amide bonds. The van der Waals surface area contributed by atoms with Crippen LogP contribution in [0.25, 0.3) is 11.0 Å². The summed E-state index contributed by atoms with van der Waals surface area (Å²) in [5, 5.41) is 11.2. The number of nitrogens with zero attached hydrogens (tertiary/aromatic N) is 4. The van der Waals surface area contributed by atoms with E-state index in [0.717, 1.165) is 22.8 Å². The molecule has 92 valence electrons. The van der Waals surface area contributed by atoms with Crippen molar-refractivity contribution in [3.63, 3.8) is 0 Å². The van der Waals surface area contributed by atoms with Gasteiger partial charge in [-0.05, 0) is 19.1 Å². The summed E-state index contributed by atoms with van der Waals surface area (Å²) >= 11 is 0. The van der Waals surface area contributed by atoms with Crippen LogP contribution < -0.4 is 5.32 Å². The average molecular weight is 242 g/mol. The van der Waals surface area contributed by atoms with Crippen LogP contribution in [0.2, 0.25) is 0 Å². The maximum absolute atomic E-state index is 4.47. The summed E-state index contributed by atoms with van der Waals surface area (Å²) in [5.74, 6) is 1.61. The molecular formula is C12H14N6. The van der Waals surface area contributed by atoms with Crippen molar-refractivity contribution in [2.45, 2.75) is 13.0 Å². The Morgan fingerprint density at radius 1 is 1.33 bits per heavy atom. The monoisotopic (exact) mass is 242 g/mol. The van der Waals surface area contributed by atoms with Crippen molar-refractivity contribution in [2.75, 3.05) is 5.32 Å². The predicted molar refractivity (Wildman–Crippen MR) is 69.1 cm³/mol. The molecule has 2 aromatic heterocycles. The second-order valence-corrected chi connectivity index (χ2v) is 4.27. The van der Waals surface area contributed by atoms with E-state index < -0.39 is 0 Å². The van der Waals surface area contributed by atoms with E-state index in [1.165, 1.54) is 0 Å². The van der Waals surface area contributed by atoms with Crippen LogP contribution in [0.1, 0.15) is 18.8 Å². The highest BCUT2D eigenvalue weighted by Crippen LogP contribution is 2.18. The summed E-state index contributed by atoms with van der Waals surface area (Å²) in [6.07, 6.45) is 1.69. The third kappa shape index (κ3) is 1.81. The lowest BCUT2D eigenvalue weighted by atomic mass is 10.3. The normalized spacial score (nSPS) is 12.8.